The largest absolute Gasteiger partial charge is 0.366 e. The van der Waals surface area contributed by atoms with E-state index in [9.17, 15) is 9.59 Å². The van der Waals surface area contributed by atoms with E-state index < -0.39 is 0 Å². The van der Waals surface area contributed by atoms with Crippen molar-refractivity contribution in [3.8, 4) is 0 Å². The van der Waals surface area contributed by atoms with Crippen molar-refractivity contribution >= 4 is 46.3 Å². The molecule has 4 nitrogen and oxygen atoms in total. The molecule has 156 valence electrons. The maximum atomic E-state index is 13.6. The highest BCUT2D eigenvalue weighted by Gasteiger charge is 2.43. The lowest BCUT2D eigenvalue weighted by Crippen LogP contribution is -2.39. The van der Waals surface area contributed by atoms with Gasteiger partial charge in [0.1, 0.15) is 5.70 Å². The maximum Gasteiger partial charge on any atom is 0.282 e. The zero-order chi connectivity index (χ0) is 21.6. The summed E-state index contributed by atoms with van der Waals surface area (Å²) in [6.45, 7) is 7.75. The number of carbonyl (C=O) groups excluding carboxylic acids is 2. The number of halogens is 2. The molecule has 0 aromatic heterocycles. The van der Waals surface area contributed by atoms with Crippen LogP contribution in [0, 0.1) is 19.8 Å². The van der Waals surface area contributed by atoms with Crippen LogP contribution < -0.4 is 4.90 Å². The molecule has 0 radical (unpaired) electrons. The lowest BCUT2D eigenvalue weighted by molar-refractivity contribution is -0.120. The Balaban J connectivity index is 1.85. The number of aryl methyl sites for hydroxylation is 2. The predicted molar refractivity (Wildman–Crippen MR) is 122 cm³/mol. The average molecular weight is 443 g/mol. The molecule has 6 heteroatoms. The van der Waals surface area contributed by atoms with Gasteiger partial charge in [0.2, 0.25) is 0 Å². The van der Waals surface area contributed by atoms with Gasteiger partial charge in [-0.15, -0.1) is 0 Å². The molecule has 0 bridgehead atoms. The first-order chi connectivity index (χ1) is 14.3. The van der Waals surface area contributed by atoms with Gasteiger partial charge in [-0.25, -0.2) is 4.90 Å². The van der Waals surface area contributed by atoms with E-state index in [1.165, 1.54) is 4.90 Å². The summed E-state index contributed by atoms with van der Waals surface area (Å²) in [5, 5.41) is 0.689. The Hall–Kier alpha value is -2.30. The highest BCUT2D eigenvalue weighted by atomic mass is 35.5. The molecule has 2 aromatic rings. The first kappa shape index (κ1) is 21.0. The summed E-state index contributed by atoms with van der Waals surface area (Å²) in [5.41, 5.74) is 4.38. The number of hydrogen-bond donors (Lipinski definition) is 0. The van der Waals surface area contributed by atoms with E-state index in [2.05, 4.69) is 11.8 Å². The van der Waals surface area contributed by atoms with E-state index >= 15 is 0 Å². The Morgan fingerprint density at radius 3 is 2.37 bits per heavy atom. The predicted octanol–water partition coefficient (Wildman–Crippen LogP) is 5.63. The Morgan fingerprint density at radius 1 is 0.933 bits per heavy atom. The van der Waals surface area contributed by atoms with Crippen LogP contribution in [0.25, 0.3) is 5.57 Å². The van der Waals surface area contributed by atoms with Gasteiger partial charge in [-0.1, -0.05) is 48.3 Å². The van der Waals surface area contributed by atoms with Crippen molar-refractivity contribution in [1.29, 1.82) is 0 Å². The molecule has 2 heterocycles. The Bertz CT molecular complexity index is 1080. The molecular formula is C24H24Cl2N2O2. The van der Waals surface area contributed by atoms with E-state index in [0.717, 1.165) is 42.6 Å². The lowest BCUT2D eigenvalue weighted by atomic mass is 9.96. The number of amides is 2. The molecule has 2 amide bonds. The van der Waals surface area contributed by atoms with Crippen LogP contribution >= 0.6 is 23.2 Å². The molecule has 30 heavy (non-hydrogen) atoms. The number of rotatable bonds is 3. The molecule has 0 saturated carbocycles. The molecule has 1 unspecified atom stereocenters. The van der Waals surface area contributed by atoms with Crippen molar-refractivity contribution in [3.05, 3.63) is 68.8 Å². The van der Waals surface area contributed by atoms with Gasteiger partial charge in [-0.05, 0) is 67.5 Å². The summed E-state index contributed by atoms with van der Waals surface area (Å²) in [5.74, 6) is -0.162. The van der Waals surface area contributed by atoms with Crippen LogP contribution in [0.1, 0.15) is 36.5 Å². The van der Waals surface area contributed by atoms with Crippen molar-refractivity contribution in [2.75, 3.05) is 18.0 Å². The summed E-state index contributed by atoms with van der Waals surface area (Å²) in [6.07, 6.45) is 2.13. The Morgan fingerprint density at radius 2 is 1.70 bits per heavy atom. The molecule has 1 saturated heterocycles. The number of piperidine rings is 1. The fraction of sp³-hybridized carbons (Fsp3) is 0.333. The molecule has 0 N–H and O–H groups in total. The molecule has 2 aromatic carbocycles. The van der Waals surface area contributed by atoms with Gasteiger partial charge in [0.05, 0.1) is 21.3 Å². The van der Waals surface area contributed by atoms with Crippen LogP contribution in [0.2, 0.25) is 10.0 Å². The minimum Gasteiger partial charge on any atom is -0.366 e. The summed E-state index contributed by atoms with van der Waals surface area (Å²) in [4.78, 5) is 30.5. The van der Waals surface area contributed by atoms with Crippen LogP contribution in [0.4, 0.5) is 5.69 Å². The molecule has 4 rings (SSSR count). The minimum atomic E-state index is -0.324. The number of hydrogen-bond acceptors (Lipinski definition) is 3. The van der Waals surface area contributed by atoms with E-state index in [4.69, 9.17) is 23.2 Å². The highest BCUT2D eigenvalue weighted by molar-refractivity contribution is 6.46. The highest BCUT2D eigenvalue weighted by Crippen LogP contribution is 2.38. The summed E-state index contributed by atoms with van der Waals surface area (Å²) in [7, 11) is 0. The second kappa shape index (κ2) is 8.09. The zero-order valence-electron chi connectivity index (χ0n) is 17.3. The summed E-state index contributed by atoms with van der Waals surface area (Å²) < 4.78 is 0. The van der Waals surface area contributed by atoms with E-state index in [1.54, 1.807) is 18.2 Å². The third-order valence-corrected chi connectivity index (χ3v) is 6.73. The summed E-state index contributed by atoms with van der Waals surface area (Å²) in [6, 6.07) is 10.7. The normalized spacial score (nSPS) is 19.8. The molecule has 0 spiro atoms. The topological polar surface area (TPSA) is 40.6 Å². The molecule has 1 atom stereocenters. The van der Waals surface area contributed by atoms with Crippen LogP contribution in [0.3, 0.4) is 0 Å². The van der Waals surface area contributed by atoms with Crippen molar-refractivity contribution in [1.82, 2.24) is 4.90 Å². The molecule has 0 aliphatic carbocycles. The molecular weight excluding hydrogens is 419 g/mol. The van der Waals surface area contributed by atoms with Gasteiger partial charge in [-0.2, -0.15) is 0 Å². The van der Waals surface area contributed by atoms with Crippen molar-refractivity contribution < 1.29 is 9.59 Å². The lowest BCUT2D eigenvalue weighted by Gasteiger charge is -2.33. The summed E-state index contributed by atoms with van der Waals surface area (Å²) >= 11 is 12.2. The smallest absolute Gasteiger partial charge is 0.282 e. The number of anilines is 1. The van der Waals surface area contributed by atoms with Gasteiger partial charge in [0.25, 0.3) is 11.8 Å². The van der Waals surface area contributed by atoms with Gasteiger partial charge in [0, 0.05) is 13.1 Å². The van der Waals surface area contributed by atoms with Crippen LogP contribution in [-0.2, 0) is 9.59 Å². The van der Waals surface area contributed by atoms with Gasteiger partial charge < -0.3 is 4.90 Å². The molecule has 2 aliphatic heterocycles. The molecule has 2 aliphatic rings. The third kappa shape index (κ3) is 3.63. The third-order valence-electron chi connectivity index (χ3n) is 5.99. The maximum absolute atomic E-state index is 13.6. The van der Waals surface area contributed by atoms with Gasteiger partial charge >= 0.3 is 0 Å². The minimum absolute atomic E-state index is 0.305. The number of likely N-dealkylation sites (tertiary alicyclic amines) is 1. The van der Waals surface area contributed by atoms with Crippen molar-refractivity contribution in [2.45, 2.75) is 33.6 Å². The van der Waals surface area contributed by atoms with E-state index in [1.807, 2.05) is 32.0 Å². The number of nitrogens with zero attached hydrogens (tertiary/aromatic N) is 2. The fourth-order valence-corrected chi connectivity index (χ4v) is 4.51. The first-order valence-electron chi connectivity index (χ1n) is 10.2. The van der Waals surface area contributed by atoms with E-state index in [-0.39, 0.29) is 11.8 Å². The zero-order valence-corrected chi connectivity index (χ0v) is 18.8. The van der Waals surface area contributed by atoms with Gasteiger partial charge in [0.15, 0.2) is 0 Å². The number of imide groups is 1. The van der Waals surface area contributed by atoms with Gasteiger partial charge in [-0.3, -0.25) is 9.59 Å². The standard InChI is InChI=1S/C24H24Cl2N2O2/c1-14-5-4-10-27(13-14)22-21(17-7-6-15(2)16(3)11-17)23(29)28(24(22)30)18-8-9-19(25)20(26)12-18/h6-9,11-12,14H,4-5,10,13H2,1-3H3. The van der Waals surface area contributed by atoms with Crippen molar-refractivity contribution in [3.63, 3.8) is 0 Å². The van der Waals surface area contributed by atoms with Crippen LogP contribution in [-0.4, -0.2) is 29.8 Å². The first-order valence-corrected chi connectivity index (χ1v) is 10.9. The second-order valence-corrected chi connectivity index (χ2v) is 9.07. The monoisotopic (exact) mass is 442 g/mol. The average Bonchev–Trinajstić information content (AvgIpc) is 2.96. The number of carbonyl (C=O) groups is 2. The van der Waals surface area contributed by atoms with Crippen molar-refractivity contribution in [2.24, 2.45) is 5.92 Å². The van der Waals surface area contributed by atoms with E-state index in [0.29, 0.717) is 32.9 Å². The number of benzene rings is 2. The second-order valence-electron chi connectivity index (χ2n) is 8.26. The molecule has 1 fully saturated rings. The van der Waals surface area contributed by atoms with Crippen LogP contribution in [0.15, 0.2) is 42.1 Å². The Kier molecular flexibility index (Phi) is 5.65. The fourth-order valence-electron chi connectivity index (χ4n) is 4.22. The SMILES string of the molecule is Cc1ccc(C2=C(N3CCCC(C)C3)C(=O)N(c3ccc(Cl)c(Cl)c3)C2=O)cc1C. The quantitative estimate of drug-likeness (QED) is 0.578. The Labute approximate surface area is 187 Å². The van der Waals surface area contributed by atoms with Crippen LogP contribution in [0.5, 0.6) is 0 Å².